The Labute approximate surface area is 108 Å². The van der Waals surface area contributed by atoms with Gasteiger partial charge in [0.05, 0.1) is 17.3 Å². The van der Waals surface area contributed by atoms with Gasteiger partial charge in [-0.25, -0.2) is 4.98 Å². The first-order valence-electron chi connectivity index (χ1n) is 5.89. The largest absolute Gasteiger partial charge is 0.416 e. The van der Waals surface area contributed by atoms with Gasteiger partial charge in [-0.15, -0.1) is 0 Å². The molecule has 106 valence electrons. The van der Waals surface area contributed by atoms with Crippen LogP contribution in [0.3, 0.4) is 0 Å². The van der Waals surface area contributed by atoms with Crippen molar-refractivity contribution < 1.29 is 23.4 Å². The first-order chi connectivity index (χ1) is 8.70. The van der Waals surface area contributed by atoms with Crippen LogP contribution in [0.5, 0.6) is 0 Å². The summed E-state index contributed by atoms with van der Waals surface area (Å²) in [6.45, 7) is 1.91. The third kappa shape index (κ3) is 2.98. The summed E-state index contributed by atoms with van der Waals surface area (Å²) in [5, 5.41) is 19.6. The van der Waals surface area contributed by atoms with Crippen molar-refractivity contribution in [2.45, 2.75) is 31.2 Å². The van der Waals surface area contributed by atoms with Crippen LogP contribution < -0.4 is 4.90 Å². The number of aliphatic hydroxyl groups is 2. The quantitative estimate of drug-likeness (QED) is 0.814. The first-order valence-corrected chi connectivity index (χ1v) is 5.89. The molecule has 1 aromatic rings. The van der Waals surface area contributed by atoms with E-state index in [0.29, 0.717) is 6.54 Å². The summed E-state index contributed by atoms with van der Waals surface area (Å²) in [6.07, 6.45) is -4.07. The standard InChI is InChI=1S/C12H15F3N2O2/c1-11(19)3-5-17(7-9(11)18)10-6-8(2-4-16-10)12(13,14)15/h2,4,6,9,18-19H,3,5,7H2,1H3/t9-,11+/m0/s1. The Balaban J connectivity index is 2.20. The van der Waals surface area contributed by atoms with Gasteiger partial charge in [0.25, 0.3) is 0 Å². The van der Waals surface area contributed by atoms with Crippen LogP contribution in [-0.2, 0) is 6.18 Å². The molecule has 4 nitrogen and oxygen atoms in total. The summed E-state index contributed by atoms with van der Waals surface area (Å²) >= 11 is 0. The Morgan fingerprint density at radius 3 is 2.74 bits per heavy atom. The zero-order valence-electron chi connectivity index (χ0n) is 10.4. The Morgan fingerprint density at radius 2 is 2.16 bits per heavy atom. The predicted octanol–water partition coefficient (Wildman–Crippen LogP) is 1.42. The van der Waals surface area contributed by atoms with Crippen LogP contribution in [0.2, 0.25) is 0 Å². The lowest BCUT2D eigenvalue weighted by Crippen LogP contribution is -2.54. The molecule has 0 saturated carbocycles. The molecule has 2 rings (SSSR count). The van der Waals surface area contributed by atoms with Gasteiger partial charge >= 0.3 is 6.18 Å². The molecule has 0 amide bonds. The van der Waals surface area contributed by atoms with E-state index >= 15 is 0 Å². The molecule has 0 radical (unpaired) electrons. The maximum atomic E-state index is 12.6. The number of anilines is 1. The number of halogens is 3. The third-order valence-corrected chi connectivity index (χ3v) is 3.40. The van der Waals surface area contributed by atoms with E-state index in [0.717, 1.165) is 18.3 Å². The van der Waals surface area contributed by atoms with Crippen molar-refractivity contribution in [3.8, 4) is 0 Å². The third-order valence-electron chi connectivity index (χ3n) is 3.40. The van der Waals surface area contributed by atoms with E-state index in [1.165, 1.54) is 11.8 Å². The van der Waals surface area contributed by atoms with Crippen LogP contribution in [-0.4, -0.2) is 40.0 Å². The van der Waals surface area contributed by atoms with Gasteiger partial charge in [0.2, 0.25) is 0 Å². The average Bonchev–Trinajstić information content (AvgIpc) is 2.32. The summed E-state index contributed by atoms with van der Waals surface area (Å²) in [5.41, 5.74) is -1.98. The fraction of sp³-hybridized carbons (Fsp3) is 0.583. The highest BCUT2D eigenvalue weighted by Gasteiger charge is 2.37. The minimum atomic E-state index is -4.42. The molecule has 1 aliphatic heterocycles. The normalized spacial score (nSPS) is 28.5. The predicted molar refractivity (Wildman–Crippen MR) is 62.7 cm³/mol. The van der Waals surface area contributed by atoms with E-state index in [9.17, 15) is 23.4 Å². The molecule has 1 aliphatic rings. The Kier molecular flexibility index (Phi) is 3.44. The van der Waals surface area contributed by atoms with Crippen LogP contribution in [0.15, 0.2) is 18.3 Å². The van der Waals surface area contributed by atoms with Gasteiger partial charge in [-0.05, 0) is 25.5 Å². The summed E-state index contributed by atoms with van der Waals surface area (Å²) in [6, 6.07) is 1.85. The van der Waals surface area contributed by atoms with Crippen molar-refractivity contribution in [1.29, 1.82) is 0 Å². The molecule has 2 heterocycles. The monoisotopic (exact) mass is 276 g/mol. The molecule has 0 unspecified atom stereocenters. The van der Waals surface area contributed by atoms with Gasteiger partial charge in [0.1, 0.15) is 5.82 Å². The summed E-state index contributed by atoms with van der Waals surface area (Å²) in [4.78, 5) is 5.43. The Bertz CT molecular complexity index is 463. The Hall–Kier alpha value is -1.34. The maximum absolute atomic E-state index is 12.6. The lowest BCUT2D eigenvalue weighted by Gasteiger charge is -2.40. The number of aliphatic hydroxyl groups excluding tert-OH is 1. The number of hydrogen-bond donors (Lipinski definition) is 2. The van der Waals surface area contributed by atoms with Gasteiger partial charge in [0.15, 0.2) is 0 Å². The SMILES string of the molecule is C[C@@]1(O)CCN(c2cc(C(F)(F)F)ccn2)C[C@@H]1O. The molecule has 19 heavy (non-hydrogen) atoms. The molecule has 2 N–H and O–H groups in total. The molecular formula is C12H15F3N2O2. The molecule has 2 atom stereocenters. The van der Waals surface area contributed by atoms with Gasteiger partial charge < -0.3 is 15.1 Å². The van der Waals surface area contributed by atoms with Crippen LogP contribution in [0.4, 0.5) is 19.0 Å². The van der Waals surface area contributed by atoms with Gasteiger partial charge in [-0.2, -0.15) is 13.2 Å². The van der Waals surface area contributed by atoms with Crippen molar-refractivity contribution in [2.24, 2.45) is 0 Å². The molecule has 0 spiro atoms. The fourth-order valence-corrected chi connectivity index (χ4v) is 2.00. The van der Waals surface area contributed by atoms with Crippen LogP contribution in [0, 0.1) is 0 Å². The first kappa shape index (κ1) is 14.1. The number of piperidine rings is 1. The van der Waals surface area contributed by atoms with Gasteiger partial charge in [-0.1, -0.05) is 0 Å². The van der Waals surface area contributed by atoms with Crippen molar-refractivity contribution in [1.82, 2.24) is 4.98 Å². The second kappa shape index (κ2) is 4.64. The molecule has 0 bridgehead atoms. The molecule has 0 aliphatic carbocycles. The summed E-state index contributed by atoms with van der Waals surface area (Å²) < 4.78 is 37.8. The molecule has 1 saturated heterocycles. The van der Waals surface area contributed by atoms with Crippen molar-refractivity contribution in [3.63, 3.8) is 0 Å². The summed E-state index contributed by atoms with van der Waals surface area (Å²) in [7, 11) is 0. The molecular weight excluding hydrogens is 261 g/mol. The van der Waals surface area contributed by atoms with E-state index in [1.54, 1.807) is 0 Å². The number of nitrogens with zero attached hydrogens (tertiary/aromatic N) is 2. The van der Waals surface area contributed by atoms with Gasteiger partial charge in [-0.3, -0.25) is 0 Å². The number of aromatic nitrogens is 1. The second-order valence-corrected chi connectivity index (χ2v) is 4.97. The van der Waals surface area contributed by atoms with E-state index in [-0.39, 0.29) is 18.8 Å². The van der Waals surface area contributed by atoms with Crippen LogP contribution >= 0.6 is 0 Å². The number of rotatable bonds is 1. The smallest absolute Gasteiger partial charge is 0.388 e. The summed E-state index contributed by atoms with van der Waals surface area (Å²) in [5.74, 6) is 0.157. The number of alkyl halides is 3. The number of hydrogen-bond acceptors (Lipinski definition) is 4. The highest BCUT2D eigenvalue weighted by molar-refractivity contribution is 5.43. The topological polar surface area (TPSA) is 56.6 Å². The number of β-amino-alcohol motifs (C(OH)–C–C–N with tert-alkyl or cyclic N) is 1. The van der Waals surface area contributed by atoms with Crippen LogP contribution in [0.25, 0.3) is 0 Å². The van der Waals surface area contributed by atoms with Crippen LogP contribution in [0.1, 0.15) is 18.9 Å². The molecule has 1 aromatic heterocycles. The molecule has 7 heteroatoms. The molecule has 0 aromatic carbocycles. The maximum Gasteiger partial charge on any atom is 0.416 e. The van der Waals surface area contributed by atoms with E-state index in [2.05, 4.69) is 4.98 Å². The zero-order chi connectivity index (χ0) is 14.3. The van der Waals surface area contributed by atoms with Crippen molar-refractivity contribution in [3.05, 3.63) is 23.9 Å². The van der Waals surface area contributed by atoms with E-state index in [1.807, 2.05) is 0 Å². The highest BCUT2D eigenvalue weighted by atomic mass is 19.4. The minimum Gasteiger partial charge on any atom is -0.388 e. The zero-order valence-corrected chi connectivity index (χ0v) is 10.4. The second-order valence-electron chi connectivity index (χ2n) is 4.97. The minimum absolute atomic E-state index is 0.0569. The lowest BCUT2D eigenvalue weighted by atomic mass is 9.91. The number of pyridine rings is 1. The Morgan fingerprint density at radius 1 is 1.47 bits per heavy atom. The van der Waals surface area contributed by atoms with E-state index in [4.69, 9.17) is 0 Å². The highest BCUT2D eigenvalue weighted by Crippen LogP contribution is 2.32. The average molecular weight is 276 g/mol. The van der Waals surface area contributed by atoms with Crippen molar-refractivity contribution in [2.75, 3.05) is 18.0 Å². The lowest BCUT2D eigenvalue weighted by molar-refractivity contribution is -0.137. The van der Waals surface area contributed by atoms with E-state index < -0.39 is 23.4 Å². The fourth-order valence-electron chi connectivity index (χ4n) is 2.00. The van der Waals surface area contributed by atoms with Gasteiger partial charge in [0, 0.05) is 19.3 Å². The molecule has 1 fully saturated rings. The van der Waals surface area contributed by atoms with Crippen molar-refractivity contribution >= 4 is 5.82 Å².